The van der Waals surface area contributed by atoms with E-state index in [2.05, 4.69) is 32.4 Å². The van der Waals surface area contributed by atoms with Crippen LogP contribution in [0.2, 0.25) is 0 Å². The maximum absolute atomic E-state index is 12.4. The van der Waals surface area contributed by atoms with Crippen molar-refractivity contribution in [3.8, 4) is 11.5 Å². The van der Waals surface area contributed by atoms with Crippen LogP contribution in [-0.2, 0) is 6.54 Å². The molecular formula is C22H31N3O3S. The molecule has 1 aromatic heterocycles. The van der Waals surface area contributed by atoms with E-state index in [4.69, 9.17) is 9.47 Å². The summed E-state index contributed by atoms with van der Waals surface area (Å²) in [5.41, 5.74) is 2.25. The standard InChI is InChI=1S/C22H31N3O3S/c1-27-20-8-7-17(13-21(20)28-2)14-23-22(26)24-15-19(18-9-12-29-16-18)25-10-5-3-4-6-11-25/h7-9,12-13,16,19H,3-6,10-11,14-15H2,1-2H3,(H2,23,24,26). The number of nitrogens with zero attached hydrogens (tertiary/aromatic N) is 1. The van der Waals surface area contributed by atoms with Gasteiger partial charge in [0, 0.05) is 13.1 Å². The largest absolute Gasteiger partial charge is 0.493 e. The van der Waals surface area contributed by atoms with Gasteiger partial charge in [-0.05, 0) is 66.0 Å². The van der Waals surface area contributed by atoms with Crippen LogP contribution in [-0.4, -0.2) is 44.8 Å². The van der Waals surface area contributed by atoms with Gasteiger partial charge in [-0.2, -0.15) is 11.3 Å². The molecule has 1 fully saturated rings. The van der Waals surface area contributed by atoms with Crippen LogP contribution in [0.1, 0.15) is 42.9 Å². The van der Waals surface area contributed by atoms with Gasteiger partial charge in [0.2, 0.25) is 0 Å². The average Bonchev–Trinajstić information content (AvgIpc) is 3.15. The zero-order valence-electron chi connectivity index (χ0n) is 17.3. The van der Waals surface area contributed by atoms with E-state index in [0.717, 1.165) is 18.7 Å². The molecule has 6 nitrogen and oxygen atoms in total. The zero-order chi connectivity index (χ0) is 20.5. The molecule has 3 rings (SSSR count). The van der Waals surface area contributed by atoms with Crippen LogP contribution in [0.5, 0.6) is 11.5 Å². The smallest absolute Gasteiger partial charge is 0.315 e. The molecule has 0 spiro atoms. The van der Waals surface area contributed by atoms with E-state index in [9.17, 15) is 4.79 Å². The zero-order valence-corrected chi connectivity index (χ0v) is 18.1. The summed E-state index contributed by atoms with van der Waals surface area (Å²) in [6.07, 6.45) is 5.05. The number of carbonyl (C=O) groups excluding carboxylic acids is 1. The quantitative estimate of drug-likeness (QED) is 0.676. The Morgan fingerprint density at radius 3 is 2.48 bits per heavy atom. The van der Waals surface area contributed by atoms with E-state index in [-0.39, 0.29) is 12.1 Å². The third-order valence-corrected chi connectivity index (χ3v) is 6.07. The van der Waals surface area contributed by atoms with Crippen molar-refractivity contribution in [1.82, 2.24) is 15.5 Å². The Hall–Kier alpha value is -2.25. The Labute approximate surface area is 177 Å². The molecule has 1 atom stereocenters. The monoisotopic (exact) mass is 417 g/mol. The summed E-state index contributed by atoms with van der Waals surface area (Å²) >= 11 is 1.71. The number of urea groups is 1. The number of benzene rings is 1. The summed E-state index contributed by atoms with van der Waals surface area (Å²) in [4.78, 5) is 14.9. The Bertz CT molecular complexity index is 759. The lowest BCUT2D eigenvalue weighted by atomic mass is 10.1. The van der Waals surface area contributed by atoms with E-state index in [1.807, 2.05) is 18.2 Å². The number of thiophene rings is 1. The molecule has 1 saturated heterocycles. The van der Waals surface area contributed by atoms with Crippen molar-refractivity contribution in [2.45, 2.75) is 38.3 Å². The number of nitrogens with one attached hydrogen (secondary N) is 2. The fourth-order valence-electron chi connectivity index (χ4n) is 3.75. The highest BCUT2D eigenvalue weighted by atomic mass is 32.1. The fourth-order valence-corrected chi connectivity index (χ4v) is 4.46. The minimum Gasteiger partial charge on any atom is -0.493 e. The van der Waals surface area contributed by atoms with E-state index < -0.39 is 0 Å². The van der Waals surface area contributed by atoms with Crippen LogP contribution < -0.4 is 20.1 Å². The highest BCUT2D eigenvalue weighted by Gasteiger charge is 2.22. The predicted molar refractivity (Wildman–Crippen MR) is 117 cm³/mol. The summed E-state index contributed by atoms with van der Waals surface area (Å²) in [6.45, 7) is 3.22. The predicted octanol–water partition coefficient (Wildman–Crippen LogP) is 4.18. The van der Waals surface area contributed by atoms with Crippen molar-refractivity contribution in [2.24, 2.45) is 0 Å². The van der Waals surface area contributed by atoms with Gasteiger partial charge < -0.3 is 20.1 Å². The van der Waals surface area contributed by atoms with Gasteiger partial charge in [0.25, 0.3) is 0 Å². The van der Waals surface area contributed by atoms with Crippen LogP contribution in [0.15, 0.2) is 35.0 Å². The summed E-state index contributed by atoms with van der Waals surface area (Å²) in [6, 6.07) is 7.89. The lowest BCUT2D eigenvalue weighted by Crippen LogP contribution is -2.42. The number of carbonyl (C=O) groups is 1. The van der Waals surface area contributed by atoms with Crippen molar-refractivity contribution in [2.75, 3.05) is 33.9 Å². The minimum atomic E-state index is -0.158. The number of likely N-dealkylation sites (tertiary alicyclic amines) is 1. The first kappa shape index (κ1) is 21.5. The molecule has 0 bridgehead atoms. The first-order chi connectivity index (χ1) is 14.2. The number of amides is 2. The first-order valence-corrected chi connectivity index (χ1v) is 11.1. The van der Waals surface area contributed by atoms with Crippen molar-refractivity contribution in [3.63, 3.8) is 0 Å². The Balaban J connectivity index is 1.54. The highest BCUT2D eigenvalue weighted by Crippen LogP contribution is 2.28. The van der Waals surface area contributed by atoms with Crippen LogP contribution in [0.25, 0.3) is 0 Å². The SMILES string of the molecule is COc1ccc(CNC(=O)NCC(c2ccsc2)N2CCCCCC2)cc1OC. The molecule has 1 aliphatic rings. The summed E-state index contributed by atoms with van der Waals surface area (Å²) < 4.78 is 10.6. The second-order valence-electron chi connectivity index (χ2n) is 7.28. The highest BCUT2D eigenvalue weighted by molar-refractivity contribution is 7.07. The third-order valence-electron chi connectivity index (χ3n) is 5.37. The topological polar surface area (TPSA) is 62.8 Å². The summed E-state index contributed by atoms with van der Waals surface area (Å²) in [7, 11) is 3.21. The first-order valence-electron chi connectivity index (χ1n) is 10.2. The van der Waals surface area contributed by atoms with E-state index in [0.29, 0.717) is 24.6 Å². The molecule has 158 valence electrons. The molecule has 1 aromatic carbocycles. The molecule has 0 radical (unpaired) electrons. The van der Waals surface area contributed by atoms with Gasteiger partial charge in [-0.25, -0.2) is 4.79 Å². The second-order valence-corrected chi connectivity index (χ2v) is 8.06. The number of hydrogen-bond acceptors (Lipinski definition) is 5. The van der Waals surface area contributed by atoms with Gasteiger partial charge in [-0.1, -0.05) is 18.9 Å². The molecule has 2 amide bonds. The van der Waals surface area contributed by atoms with E-state index in [1.54, 1.807) is 25.6 Å². The number of methoxy groups -OCH3 is 2. The van der Waals surface area contributed by atoms with Gasteiger partial charge in [-0.3, -0.25) is 4.90 Å². The Morgan fingerprint density at radius 2 is 1.83 bits per heavy atom. The minimum absolute atomic E-state index is 0.158. The molecule has 2 aromatic rings. The number of rotatable bonds is 8. The van der Waals surface area contributed by atoms with Crippen LogP contribution in [0.4, 0.5) is 4.79 Å². The molecule has 7 heteroatoms. The van der Waals surface area contributed by atoms with Crippen LogP contribution >= 0.6 is 11.3 Å². The van der Waals surface area contributed by atoms with Gasteiger partial charge in [0.1, 0.15) is 0 Å². The van der Waals surface area contributed by atoms with Crippen molar-refractivity contribution < 1.29 is 14.3 Å². The second kappa shape index (κ2) is 11.1. The lowest BCUT2D eigenvalue weighted by molar-refractivity contribution is 0.196. The molecule has 2 N–H and O–H groups in total. The van der Waals surface area contributed by atoms with Gasteiger partial charge in [0.05, 0.1) is 20.3 Å². The summed E-state index contributed by atoms with van der Waals surface area (Å²) in [5, 5.41) is 10.3. The average molecular weight is 418 g/mol. The third kappa shape index (κ3) is 6.11. The molecule has 29 heavy (non-hydrogen) atoms. The fraction of sp³-hybridized carbons (Fsp3) is 0.500. The van der Waals surface area contributed by atoms with Gasteiger partial charge in [-0.15, -0.1) is 0 Å². The molecule has 2 heterocycles. The molecule has 1 aliphatic heterocycles. The van der Waals surface area contributed by atoms with Crippen molar-refractivity contribution in [1.29, 1.82) is 0 Å². The Morgan fingerprint density at radius 1 is 1.07 bits per heavy atom. The Kier molecular flexibility index (Phi) is 8.19. The van der Waals surface area contributed by atoms with Crippen LogP contribution in [0.3, 0.4) is 0 Å². The lowest BCUT2D eigenvalue weighted by Gasteiger charge is -2.30. The molecular weight excluding hydrogens is 386 g/mol. The van der Waals surface area contributed by atoms with E-state index in [1.165, 1.54) is 31.2 Å². The van der Waals surface area contributed by atoms with Crippen LogP contribution in [0, 0.1) is 0 Å². The summed E-state index contributed by atoms with van der Waals surface area (Å²) in [5.74, 6) is 1.34. The van der Waals surface area contributed by atoms with Crippen molar-refractivity contribution >= 4 is 17.4 Å². The molecule has 0 aliphatic carbocycles. The number of ether oxygens (including phenoxy) is 2. The van der Waals surface area contributed by atoms with Gasteiger partial charge in [0.15, 0.2) is 11.5 Å². The van der Waals surface area contributed by atoms with E-state index >= 15 is 0 Å². The maximum atomic E-state index is 12.4. The molecule has 0 saturated carbocycles. The maximum Gasteiger partial charge on any atom is 0.315 e. The van der Waals surface area contributed by atoms with Gasteiger partial charge >= 0.3 is 6.03 Å². The normalized spacial score (nSPS) is 15.9. The number of hydrogen-bond donors (Lipinski definition) is 2. The molecule has 1 unspecified atom stereocenters. The van der Waals surface area contributed by atoms with Crippen molar-refractivity contribution in [3.05, 3.63) is 46.2 Å².